The number of hydrogen-bond donors (Lipinski definition) is 0. The second-order valence-corrected chi connectivity index (χ2v) is 7.18. The van der Waals surface area contributed by atoms with Crippen LogP contribution in [-0.2, 0) is 0 Å². The van der Waals surface area contributed by atoms with Crippen LogP contribution in [-0.4, -0.2) is 16.0 Å². The number of rotatable bonds is 3. The van der Waals surface area contributed by atoms with E-state index in [4.69, 9.17) is 11.2 Å². The smallest absolute Gasteiger partial charge is 0.274 e. The van der Waals surface area contributed by atoms with Crippen LogP contribution in [0.4, 0.5) is 0 Å². The molecule has 4 aromatic rings. The molecule has 0 spiro atoms. The van der Waals surface area contributed by atoms with Crippen LogP contribution in [0, 0.1) is 12.3 Å². The van der Waals surface area contributed by atoms with E-state index in [1.54, 1.807) is 4.40 Å². The van der Waals surface area contributed by atoms with E-state index in [0.717, 1.165) is 21.1 Å². The first kappa shape index (κ1) is 15.9. The molecule has 0 aliphatic rings. The molecule has 0 radical (unpaired) electrons. The first-order chi connectivity index (χ1) is 12.2. The summed E-state index contributed by atoms with van der Waals surface area (Å²) >= 11 is 4.84. The maximum atomic E-state index is 12.7. The van der Waals surface area contributed by atoms with E-state index in [0.29, 0.717) is 15.2 Å². The summed E-state index contributed by atoms with van der Waals surface area (Å²) in [5.41, 5.74) is 2.50. The summed E-state index contributed by atoms with van der Waals surface area (Å²) in [6.07, 6.45) is 7.06. The van der Waals surface area contributed by atoms with Gasteiger partial charge in [0.15, 0.2) is 4.96 Å². The summed E-state index contributed by atoms with van der Waals surface area (Å²) in [6, 6.07) is 13.2. The minimum atomic E-state index is -0.0579. The molecule has 122 valence electrons. The molecule has 4 rings (SSSR count). The number of para-hydroxylation sites is 2. The maximum absolute atomic E-state index is 12.7. The highest BCUT2D eigenvalue weighted by molar-refractivity contribution is 9.10. The quantitative estimate of drug-likeness (QED) is 0.487. The number of aromatic nitrogens is 2. The normalized spacial score (nSPS) is 11.9. The molecule has 0 unspecified atom stereocenters. The van der Waals surface area contributed by atoms with Crippen molar-refractivity contribution in [3.8, 4) is 18.1 Å². The Hall–Kier alpha value is -2.62. The first-order valence-electron chi connectivity index (χ1n) is 7.45. The van der Waals surface area contributed by atoms with Gasteiger partial charge in [-0.05, 0) is 51.8 Å². The predicted octanol–water partition coefficient (Wildman–Crippen LogP) is 3.23. The highest BCUT2D eigenvalue weighted by atomic mass is 79.9. The van der Waals surface area contributed by atoms with E-state index in [1.807, 2.05) is 48.5 Å². The van der Waals surface area contributed by atoms with E-state index in [-0.39, 0.29) is 12.2 Å². The number of ether oxygens (including phenoxy) is 1. The lowest BCUT2D eigenvalue weighted by molar-refractivity contribution is 0.368. The van der Waals surface area contributed by atoms with E-state index >= 15 is 0 Å². The Kier molecular flexibility index (Phi) is 4.04. The SMILES string of the molecule is C#CCOc1ccc(C=c2sc3nc4ccccc4n3c2=O)cc1Br. The fraction of sp³-hybridized carbons (Fsp3) is 0.0526. The molecule has 0 fully saturated rings. The molecule has 0 aliphatic heterocycles. The van der Waals surface area contributed by atoms with Crippen molar-refractivity contribution < 1.29 is 4.74 Å². The second-order valence-electron chi connectivity index (χ2n) is 5.32. The Balaban J connectivity index is 1.82. The average Bonchev–Trinajstić information content (AvgIpc) is 3.11. The third kappa shape index (κ3) is 2.82. The Morgan fingerprint density at radius 2 is 2.16 bits per heavy atom. The Morgan fingerprint density at radius 3 is 2.96 bits per heavy atom. The van der Waals surface area contributed by atoms with Crippen LogP contribution < -0.4 is 14.8 Å². The zero-order chi connectivity index (χ0) is 17.4. The molecule has 0 saturated carbocycles. The number of nitrogens with zero attached hydrogens (tertiary/aromatic N) is 2. The number of benzene rings is 2. The predicted molar refractivity (Wildman–Crippen MR) is 104 cm³/mol. The second kappa shape index (κ2) is 6.36. The fourth-order valence-corrected chi connectivity index (χ4v) is 4.10. The minimum Gasteiger partial charge on any atom is -0.480 e. The lowest BCUT2D eigenvalue weighted by Crippen LogP contribution is -2.22. The molecular formula is C19H11BrN2O2S. The van der Waals surface area contributed by atoms with Crippen molar-refractivity contribution in [3.63, 3.8) is 0 Å². The van der Waals surface area contributed by atoms with Crippen LogP contribution in [0.5, 0.6) is 5.75 Å². The number of fused-ring (bicyclic) bond motifs is 3. The molecular weight excluding hydrogens is 400 g/mol. The topological polar surface area (TPSA) is 43.6 Å². The van der Waals surface area contributed by atoms with Gasteiger partial charge in [-0.1, -0.05) is 35.5 Å². The molecule has 0 aliphatic carbocycles. The van der Waals surface area contributed by atoms with Crippen molar-refractivity contribution in [1.29, 1.82) is 0 Å². The number of hydrogen-bond acceptors (Lipinski definition) is 4. The Bertz CT molecular complexity index is 1250. The number of halogens is 1. The van der Waals surface area contributed by atoms with Gasteiger partial charge in [-0.25, -0.2) is 9.38 Å². The van der Waals surface area contributed by atoms with Crippen LogP contribution in [0.2, 0.25) is 0 Å². The standard InChI is InChI=1S/C19H11BrN2O2S/c1-2-9-24-16-8-7-12(10-13(16)20)11-17-18(23)22-15-6-4-3-5-14(15)21-19(22)25-17/h1,3-8,10-11H,9H2. The minimum absolute atomic E-state index is 0.0579. The van der Waals surface area contributed by atoms with Crippen molar-refractivity contribution in [3.05, 3.63) is 67.4 Å². The number of imidazole rings is 1. The average molecular weight is 411 g/mol. The van der Waals surface area contributed by atoms with Gasteiger partial charge in [-0.3, -0.25) is 4.79 Å². The van der Waals surface area contributed by atoms with Gasteiger partial charge in [0.25, 0.3) is 5.56 Å². The fourth-order valence-electron chi connectivity index (χ4n) is 2.61. The van der Waals surface area contributed by atoms with Gasteiger partial charge in [-0.2, -0.15) is 0 Å². The molecule has 0 amide bonds. The lowest BCUT2D eigenvalue weighted by atomic mass is 10.2. The number of terminal acetylenes is 1. The van der Waals surface area contributed by atoms with Crippen molar-refractivity contribution >= 4 is 49.3 Å². The molecule has 6 heteroatoms. The summed E-state index contributed by atoms with van der Waals surface area (Å²) in [4.78, 5) is 18.0. The van der Waals surface area contributed by atoms with Crippen molar-refractivity contribution in [2.75, 3.05) is 6.61 Å². The summed E-state index contributed by atoms with van der Waals surface area (Å²) < 4.78 is 8.51. The monoisotopic (exact) mass is 410 g/mol. The Morgan fingerprint density at radius 1 is 1.32 bits per heavy atom. The molecule has 2 aromatic heterocycles. The Labute approximate surface area is 155 Å². The molecule has 0 bridgehead atoms. The first-order valence-corrected chi connectivity index (χ1v) is 9.06. The largest absolute Gasteiger partial charge is 0.480 e. The van der Waals surface area contributed by atoms with E-state index in [2.05, 4.69) is 26.8 Å². The van der Waals surface area contributed by atoms with Crippen LogP contribution >= 0.6 is 27.3 Å². The summed E-state index contributed by atoms with van der Waals surface area (Å²) in [6.45, 7) is 0.210. The molecule has 0 N–H and O–H groups in total. The van der Waals surface area contributed by atoms with Crippen molar-refractivity contribution in [2.45, 2.75) is 0 Å². The lowest BCUT2D eigenvalue weighted by Gasteiger charge is -2.05. The van der Waals surface area contributed by atoms with Gasteiger partial charge in [0.2, 0.25) is 0 Å². The molecule has 0 saturated heterocycles. The highest BCUT2D eigenvalue weighted by Gasteiger charge is 2.10. The molecule has 2 aromatic carbocycles. The highest BCUT2D eigenvalue weighted by Crippen LogP contribution is 2.26. The summed E-state index contributed by atoms with van der Waals surface area (Å²) in [5, 5.41) is 0. The van der Waals surface area contributed by atoms with E-state index < -0.39 is 0 Å². The maximum Gasteiger partial charge on any atom is 0.274 e. The summed E-state index contributed by atoms with van der Waals surface area (Å²) in [7, 11) is 0. The van der Waals surface area contributed by atoms with Gasteiger partial charge in [-0.15, -0.1) is 6.42 Å². The van der Waals surface area contributed by atoms with Gasteiger partial charge < -0.3 is 4.74 Å². The van der Waals surface area contributed by atoms with Crippen LogP contribution in [0.3, 0.4) is 0 Å². The molecule has 2 heterocycles. The van der Waals surface area contributed by atoms with E-state index in [9.17, 15) is 4.79 Å². The zero-order valence-electron chi connectivity index (χ0n) is 12.9. The van der Waals surface area contributed by atoms with Crippen molar-refractivity contribution in [1.82, 2.24) is 9.38 Å². The van der Waals surface area contributed by atoms with E-state index in [1.165, 1.54) is 11.3 Å². The molecule has 25 heavy (non-hydrogen) atoms. The van der Waals surface area contributed by atoms with Gasteiger partial charge >= 0.3 is 0 Å². The van der Waals surface area contributed by atoms with Crippen LogP contribution in [0.25, 0.3) is 22.1 Å². The van der Waals surface area contributed by atoms with Gasteiger partial charge in [0.1, 0.15) is 12.4 Å². The molecule has 0 atom stereocenters. The van der Waals surface area contributed by atoms with Crippen LogP contribution in [0.15, 0.2) is 51.7 Å². The summed E-state index contributed by atoms with van der Waals surface area (Å²) in [5.74, 6) is 3.10. The van der Waals surface area contributed by atoms with Crippen LogP contribution in [0.1, 0.15) is 5.56 Å². The van der Waals surface area contributed by atoms with Gasteiger partial charge in [0.05, 0.1) is 20.0 Å². The van der Waals surface area contributed by atoms with Gasteiger partial charge in [0, 0.05) is 0 Å². The van der Waals surface area contributed by atoms with Crippen molar-refractivity contribution in [2.24, 2.45) is 0 Å². The third-order valence-corrected chi connectivity index (χ3v) is 5.30. The zero-order valence-corrected chi connectivity index (χ0v) is 15.3. The number of thiazole rings is 1. The molecule has 4 nitrogen and oxygen atoms in total. The third-order valence-electron chi connectivity index (χ3n) is 3.71.